The highest BCUT2D eigenvalue weighted by molar-refractivity contribution is 5.93. The molecular weight excluding hydrogens is 476 g/mol. The van der Waals surface area contributed by atoms with Gasteiger partial charge in [-0.1, -0.05) is 67.7 Å². The van der Waals surface area contributed by atoms with E-state index in [1.54, 1.807) is 25.3 Å². The zero-order valence-corrected chi connectivity index (χ0v) is 22.9. The molecule has 3 N–H and O–H groups in total. The lowest BCUT2D eigenvalue weighted by Gasteiger charge is -2.14. The maximum absolute atomic E-state index is 12.2. The average Bonchev–Trinajstić information content (AvgIpc) is 2.93. The van der Waals surface area contributed by atoms with Gasteiger partial charge in [0.25, 0.3) is 5.91 Å². The number of nitrogens with zero attached hydrogens (tertiary/aromatic N) is 1. The summed E-state index contributed by atoms with van der Waals surface area (Å²) in [5, 5.41) is 8.13. The molecule has 0 radical (unpaired) electrons. The molecule has 0 aliphatic heterocycles. The lowest BCUT2D eigenvalue weighted by atomic mass is 10.2. The van der Waals surface area contributed by atoms with Crippen LogP contribution in [0.2, 0.25) is 0 Å². The van der Waals surface area contributed by atoms with Gasteiger partial charge in [0.1, 0.15) is 6.04 Å². The Kier molecular flexibility index (Phi) is 19.1. The van der Waals surface area contributed by atoms with Gasteiger partial charge in [-0.15, -0.1) is 0 Å². The third kappa shape index (κ3) is 17.7. The van der Waals surface area contributed by atoms with E-state index in [0.29, 0.717) is 12.0 Å². The fourth-order valence-electron chi connectivity index (χ4n) is 3.24. The van der Waals surface area contributed by atoms with Gasteiger partial charge in [-0.3, -0.25) is 19.4 Å². The molecule has 0 bridgehead atoms. The Morgan fingerprint density at radius 2 is 1.42 bits per heavy atom. The van der Waals surface area contributed by atoms with E-state index < -0.39 is 6.04 Å². The number of rotatable bonds is 19. The van der Waals surface area contributed by atoms with Crippen LogP contribution in [0.1, 0.15) is 75.6 Å². The van der Waals surface area contributed by atoms with E-state index in [0.717, 1.165) is 44.9 Å². The minimum Gasteiger partial charge on any atom is -0.353 e. The molecule has 0 fully saturated rings. The number of aromatic nitrogens is 1. The standard InChI is InChI=1S/C31H44N4O3/c1-3-4-5-6-7-8-9-10-11-12-13-14-15-16-17-18-19-22-29(36)35-27(2)30(37)33-24-25-34-31(38)28-21-20-23-32-26-28/h4-5,7-8,10-11,13-14,16-17,20-21,23,26-27H,3,6,9,12,15,18-19,22,24-25H2,1-2H3,(H,33,37)(H,34,38)(H,35,36)/b5-4-,8-7-,11-10-,14-13-,17-16-/t27-/m0/s1. The van der Waals surface area contributed by atoms with Crippen LogP contribution in [-0.4, -0.2) is 41.8 Å². The predicted molar refractivity (Wildman–Crippen MR) is 155 cm³/mol. The van der Waals surface area contributed by atoms with Crippen LogP contribution < -0.4 is 16.0 Å². The zero-order valence-electron chi connectivity index (χ0n) is 22.9. The van der Waals surface area contributed by atoms with Gasteiger partial charge < -0.3 is 16.0 Å². The fraction of sp³-hybridized carbons (Fsp3) is 0.419. The molecule has 1 aromatic rings. The number of allylic oxidation sites excluding steroid dienone is 10. The molecular formula is C31H44N4O3. The van der Waals surface area contributed by atoms with Gasteiger partial charge in [0.2, 0.25) is 11.8 Å². The minimum atomic E-state index is -0.634. The van der Waals surface area contributed by atoms with Gasteiger partial charge in [0.15, 0.2) is 0 Å². The zero-order chi connectivity index (χ0) is 27.7. The Hall–Kier alpha value is -3.74. The van der Waals surface area contributed by atoms with Crippen LogP contribution in [0.25, 0.3) is 0 Å². The van der Waals surface area contributed by atoms with Crippen molar-refractivity contribution in [3.8, 4) is 0 Å². The van der Waals surface area contributed by atoms with Crippen LogP contribution in [0, 0.1) is 0 Å². The molecule has 7 heteroatoms. The molecule has 1 rings (SSSR count). The number of unbranched alkanes of at least 4 members (excludes halogenated alkanes) is 1. The first kappa shape index (κ1) is 32.3. The smallest absolute Gasteiger partial charge is 0.252 e. The molecule has 0 aromatic carbocycles. The molecule has 0 unspecified atom stereocenters. The second-order valence-corrected chi connectivity index (χ2v) is 8.68. The summed E-state index contributed by atoms with van der Waals surface area (Å²) in [4.78, 5) is 40.1. The van der Waals surface area contributed by atoms with Crippen LogP contribution in [0.3, 0.4) is 0 Å². The van der Waals surface area contributed by atoms with Crippen molar-refractivity contribution in [2.75, 3.05) is 13.1 Å². The number of hydrogen-bond acceptors (Lipinski definition) is 4. The maximum atomic E-state index is 12.2. The van der Waals surface area contributed by atoms with Crippen molar-refractivity contribution < 1.29 is 14.4 Å². The number of amides is 3. The molecule has 38 heavy (non-hydrogen) atoms. The third-order valence-electron chi connectivity index (χ3n) is 5.34. The first-order valence-electron chi connectivity index (χ1n) is 13.5. The summed E-state index contributed by atoms with van der Waals surface area (Å²) in [5.41, 5.74) is 0.462. The summed E-state index contributed by atoms with van der Waals surface area (Å²) in [6.45, 7) is 4.34. The summed E-state index contributed by atoms with van der Waals surface area (Å²) >= 11 is 0. The van der Waals surface area contributed by atoms with Crippen molar-refractivity contribution in [1.82, 2.24) is 20.9 Å². The third-order valence-corrected chi connectivity index (χ3v) is 5.34. The largest absolute Gasteiger partial charge is 0.353 e. The monoisotopic (exact) mass is 520 g/mol. The lowest BCUT2D eigenvalue weighted by Crippen LogP contribution is -2.46. The predicted octanol–water partition coefficient (Wildman–Crippen LogP) is 5.35. The van der Waals surface area contributed by atoms with Gasteiger partial charge in [0, 0.05) is 31.9 Å². The summed E-state index contributed by atoms with van der Waals surface area (Å²) in [5.74, 6) is -0.683. The van der Waals surface area contributed by atoms with Crippen molar-refractivity contribution in [3.63, 3.8) is 0 Å². The van der Waals surface area contributed by atoms with E-state index in [-0.39, 0.29) is 30.8 Å². The number of carbonyl (C=O) groups is 3. The van der Waals surface area contributed by atoms with Crippen LogP contribution in [0.4, 0.5) is 0 Å². The fourth-order valence-corrected chi connectivity index (χ4v) is 3.24. The van der Waals surface area contributed by atoms with Crippen LogP contribution in [0.15, 0.2) is 85.3 Å². The van der Waals surface area contributed by atoms with Gasteiger partial charge in [-0.05, 0) is 64.0 Å². The number of carbonyl (C=O) groups excluding carboxylic acids is 3. The minimum absolute atomic E-state index is 0.148. The van der Waals surface area contributed by atoms with Crippen LogP contribution in [0.5, 0.6) is 0 Å². The molecule has 1 aromatic heterocycles. The first-order valence-corrected chi connectivity index (χ1v) is 13.5. The summed E-state index contributed by atoms with van der Waals surface area (Å²) in [7, 11) is 0. The Labute approximate surface area is 228 Å². The van der Waals surface area contributed by atoms with E-state index in [2.05, 4.69) is 88.6 Å². The van der Waals surface area contributed by atoms with E-state index in [4.69, 9.17) is 0 Å². The second-order valence-electron chi connectivity index (χ2n) is 8.68. The normalized spacial score (nSPS) is 12.7. The maximum Gasteiger partial charge on any atom is 0.252 e. The molecule has 0 aliphatic rings. The Balaban J connectivity index is 2.04. The summed E-state index contributed by atoms with van der Waals surface area (Å²) in [6.07, 6.45) is 31.5. The molecule has 0 saturated heterocycles. The number of nitrogens with one attached hydrogen (secondary N) is 3. The molecule has 206 valence electrons. The molecule has 7 nitrogen and oxygen atoms in total. The van der Waals surface area contributed by atoms with Crippen molar-refractivity contribution in [2.24, 2.45) is 0 Å². The summed E-state index contributed by atoms with van der Waals surface area (Å²) < 4.78 is 0. The average molecular weight is 521 g/mol. The lowest BCUT2D eigenvalue weighted by molar-refractivity contribution is -0.128. The van der Waals surface area contributed by atoms with E-state index >= 15 is 0 Å². The molecule has 0 aliphatic carbocycles. The topological polar surface area (TPSA) is 100 Å². The van der Waals surface area contributed by atoms with Gasteiger partial charge >= 0.3 is 0 Å². The van der Waals surface area contributed by atoms with Crippen molar-refractivity contribution in [1.29, 1.82) is 0 Å². The van der Waals surface area contributed by atoms with Gasteiger partial charge in [0.05, 0.1) is 5.56 Å². The second kappa shape index (κ2) is 22.5. The highest BCUT2D eigenvalue weighted by Gasteiger charge is 2.14. The van der Waals surface area contributed by atoms with E-state index in [1.165, 1.54) is 6.20 Å². The molecule has 0 spiro atoms. The summed E-state index contributed by atoms with van der Waals surface area (Å²) in [6, 6.07) is 2.72. The van der Waals surface area contributed by atoms with Gasteiger partial charge in [-0.25, -0.2) is 0 Å². The quantitative estimate of drug-likeness (QED) is 0.169. The van der Waals surface area contributed by atoms with Crippen molar-refractivity contribution >= 4 is 17.7 Å². The number of pyridine rings is 1. The Bertz CT molecular complexity index is 949. The molecule has 3 amide bonds. The molecule has 0 saturated carbocycles. The number of hydrogen-bond donors (Lipinski definition) is 3. The van der Waals surface area contributed by atoms with Crippen molar-refractivity contribution in [2.45, 2.75) is 71.3 Å². The van der Waals surface area contributed by atoms with Crippen molar-refractivity contribution in [3.05, 3.63) is 90.9 Å². The highest BCUT2D eigenvalue weighted by atomic mass is 16.2. The van der Waals surface area contributed by atoms with Gasteiger partial charge in [-0.2, -0.15) is 0 Å². The van der Waals surface area contributed by atoms with Crippen LogP contribution in [-0.2, 0) is 9.59 Å². The van der Waals surface area contributed by atoms with E-state index in [9.17, 15) is 14.4 Å². The van der Waals surface area contributed by atoms with E-state index in [1.807, 2.05) is 0 Å². The highest BCUT2D eigenvalue weighted by Crippen LogP contribution is 2.00. The first-order chi connectivity index (χ1) is 18.5. The van der Waals surface area contributed by atoms with Crippen LogP contribution >= 0.6 is 0 Å². The molecule has 1 heterocycles. The Morgan fingerprint density at radius 3 is 2.00 bits per heavy atom. The SMILES string of the molecule is CC/C=C\C/C=C\C/C=C\C/C=C\C/C=C\CCCC(=O)N[C@@H](C)C(=O)NCCNC(=O)c1cccnc1. The Morgan fingerprint density at radius 1 is 0.842 bits per heavy atom. The molecule has 1 atom stereocenters.